The second-order valence-electron chi connectivity index (χ2n) is 5.89. The first-order valence-electron chi connectivity index (χ1n) is 7.71. The third-order valence-electron chi connectivity index (χ3n) is 4.10. The third kappa shape index (κ3) is 4.37. The molecule has 0 unspecified atom stereocenters. The lowest BCUT2D eigenvalue weighted by molar-refractivity contribution is 0.0597. The molecule has 1 atom stereocenters. The van der Waals surface area contributed by atoms with Crippen molar-refractivity contribution in [2.75, 3.05) is 32.7 Å². The molecule has 124 valence electrons. The van der Waals surface area contributed by atoms with E-state index in [9.17, 15) is 13.9 Å². The summed E-state index contributed by atoms with van der Waals surface area (Å²) < 4.78 is 31.6. The van der Waals surface area contributed by atoms with Gasteiger partial charge in [-0.3, -0.25) is 9.80 Å². The number of hydrogen-bond donors (Lipinski definition) is 1. The Morgan fingerprint density at radius 2 is 1.70 bits per heavy atom. The van der Waals surface area contributed by atoms with Crippen molar-refractivity contribution in [3.05, 3.63) is 59.6 Å². The van der Waals surface area contributed by atoms with Gasteiger partial charge in [0, 0.05) is 45.3 Å². The smallest absolute Gasteiger partial charge is 0.133 e. The fourth-order valence-corrected chi connectivity index (χ4v) is 2.91. The lowest BCUT2D eigenvalue weighted by Crippen LogP contribution is -2.47. The van der Waals surface area contributed by atoms with Crippen molar-refractivity contribution in [1.82, 2.24) is 9.80 Å². The second kappa shape index (κ2) is 7.21. The number of nitrogens with zero attached hydrogens (tertiary/aromatic N) is 2. The molecule has 3 rings (SSSR count). The molecule has 6 heteroatoms. The fourth-order valence-electron chi connectivity index (χ4n) is 2.91. The van der Waals surface area contributed by atoms with Gasteiger partial charge in [0.25, 0.3) is 0 Å². The molecule has 23 heavy (non-hydrogen) atoms. The van der Waals surface area contributed by atoms with E-state index in [1.807, 2.05) is 0 Å². The van der Waals surface area contributed by atoms with E-state index in [-0.39, 0.29) is 0 Å². The number of halogens is 2. The zero-order valence-corrected chi connectivity index (χ0v) is 12.8. The molecule has 1 aromatic heterocycles. The van der Waals surface area contributed by atoms with Crippen molar-refractivity contribution in [2.45, 2.75) is 12.6 Å². The average Bonchev–Trinajstić information content (AvgIpc) is 3.02. The monoisotopic (exact) mass is 322 g/mol. The van der Waals surface area contributed by atoms with Crippen molar-refractivity contribution in [3.63, 3.8) is 0 Å². The Balaban J connectivity index is 1.48. The van der Waals surface area contributed by atoms with Crippen molar-refractivity contribution in [1.29, 1.82) is 0 Å². The Morgan fingerprint density at radius 1 is 1.04 bits per heavy atom. The molecule has 1 aromatic carbocycles. The summed E-state index contributed by atoms with van der Waals surface area (Å²) in [4.78, 5) is 4.32. The van der Waals surface area contributed by atoms with Gasteiger partial charge >= 0.3 is 0 Å². The quantitative estimate of drug-likeness (QED) is 0.918. The van der Waals surface area contributed by atoms with Gasteiger partial charge in [-0.1, -0.05) is 0 Å². The minimum atomic E-state index is -0.631. The molecule has 1 fully saturated rings. The Hall–Kier alpha value is -1.76. The van der Waals surface area contributed by atoms with E-state index in [0.717, 1.165) is 32.2 Å². The molecule has 0 saturated carbocycles. The van der Waals surface area contributed by atoms with E-state index in [4.69, 9.17) is 4.42 Å². The van der Waals surface area contributed by atoms with E-state index in [0.29, 0.717) is 24.4 Å². The number of β-amino-alcohol motifs (C(OH)–C–C–N with tert-alkyl or cyclic N) is 1. The van der Waals surface area contributed by atoms with Crippen LogP contribution in [-0.4, -0.2) is 47.6 Å². The van der Waals surface area contributed by atoms with Crippen LogP contribution in [0.2, 0.25) is 0 Å². The minimum Gasteiger partial charge on any atom is -0.467 e. The number of benzene rings is 1. The van der Waals surface area contributed by atoms with E-state index in [1.54, 1.807) is 18.4 Å². The maximum atomic E-state index is 13.2. The maximum absolute atomic E-state index is 13.2. The molecule has 0 aliphatic carbocycles. The molecule has 2 heterocycles. The normalized spacial score (nSPS) is 18.2. The molecular weight excluding hydrogens is 302 g/mol. The van der Waals surface area contributed by atoms with Crippen LogP contribution in [0.25, 0.3) is 0 Å². The molecule has 2 aromatic rings. The number of aliphatic hydroxyl groups excluding tert-OH is 1. The van der Waals surface area contributed by atoms with Crippen LogP contribution in [0.5, 0.6) is 0 Å². The van der Waals surface area contributed by atoms with Crippen LogP contribution in [0.1, 0.15) is 17.4 Å². The van der Waals surface area contributed by atoms with Crippen LogP contribution in [0.4, 0.5) is 8.78 Å². The minimum absolute atomic E-state index is 0.524. The number of furan rings is 1. The molecule has 0 radical (unpaired) electrons. The van der Waals surface area contributed by atoms with Gasteiger partial charge in [0.1, 0.15) is 23.5 Å². The number of piperazine rings is 1. The summed E-state index contributed by atoms with van der Waals surface area (Å²) in [5, 5.41) is 10.1. The highest BCUT2D eigenvalue weighted by molar-refractivity contribution is 5.17. The van der Waals surface area contributed by atoms with E-state index in [1.165, 1.54) is 12.1 Å². The fraction of sp³-hybridized carbons (Fsp3) is 0.412. The first-order valence-corrected chi connectivity index (χ1v) is 7.71. The average molecular weight is 322 g/mol. The summed E-state index contributed by atoms with van der Waals surface area (Å²) in [6.45, 7) is 4.25. The Labute approximate surface area is 133 Å². The SMILES string of the molecule is O[C@@H](CN1CCN(Cc2cc(F)cc(F)c2)CC1)c1ccco1. The number of hydrogen-bond acceptors (Lipinski definition) is 4. The van der Waals surface area contributed by atoms with Crippen molar-refractivity contribution >= 4 is 0 Å². The van der Waals surface area contributed by atoms with Crippen molar-refractivity contribution in [2.24, 2.45) is 0 Å². The zero-order chi connectivity index (χ0) is 16.2. The van der Waals surface area contributed by atoms with Crippen molar-refractivity contribution in [3.8, 4) is 0 Å². The Bertz CT molecular complexity index is 605. The van der Waals surface area contributed by atoms with Crippen LogP contribution in [-0.2, 0) is 6.54 Å². The predicted molar refractivity (Wildman–Crippen MR) is 81.7 cm³/mol. The zero-order valence-electron chi connectivity index (χ0n) is 12.8. The number of aliphatic hydroxyl groups is 1. The summed E-state index contributed by atoms with van der Waals surface area (Å²) >= 11 is 0. The standard InChI is InChI=1S/C17H20F2N2O2/c18-14-8-13(9-15(19)10-14)11-20-3-5-21(6-4-20)12-16(22)17-2-1-7-23-17/h1-2,7-10,16,22H,3-6,11-12H2/t16-/m0/s1. The highest BCUT2D eigenvalue weighted by Gasteiger charge is 2.21. The molecule has 4 nitrogen and oxygen atoms in total. The van der Waals surface area contributed by atoms with Crippen molar-refractivity contribution < 1.29 is 18.3 Å². The lowest BCUT2D eigenvalue weighted by atomic mass is 10.1. The van der Waals surface area contributed by atoms with Gasteiger partial charge in [-0.15, -0.1) is 0 Å². The topological polar surface area (TPSA) is 39.9 Å². The Morgan fingerprint density at radius 3 is 2.30 bits per heavy atom. The van der Waals surface area contributed by atoms with Gasteiger partial charge in [0.2, 0.25) is 0 Å². The van der Waals surface area contributed by atoms with Gasteiger partial charge in [-0.2, -0.15) is 0 Å². The van der Waals surface area contributed by atoms with Crippen LogP contribution >= 0.6 is 0 Å². The molecule has 1 N–H and O–H groups in total. The van der Waals surface area contributed by atoms with Crippen LogP contribution in [0, 0.1) is 11.6 Å². The summed E-state index contributed by atoms with van der Waals surface area (Å²) in [5.41, 5.74) is 0.645. The highest BCUT2D eigenvalue weighted by atomic mass is 19.1. The first kappa shape index (κ1) is 16.1. The van der Waals surface area contributed by atoms with Gasteiger partial charge in [-0.25, -0.2) is 8.78 Å². The second-order valence-corrected chi connectivity index (χ2v) is 5.89. The van der Waals surface area contributed by atoms with Gasteiger partial charge in [-0.05, 0) is 29.8 Å². The van der Waals surface area contributed by atoms with Gasteiger partial charge in [0.05, 0.1) is 6.26 Å². The summed E-state index contributed by atoms with van der Waals surface area (Å²) in [6, 6.07) is 7.15. The number of rotatable bonds is 5. The first-order chi connectivity index (χ1) is 11.1. The maximum Gasteiger partial charge on any atom is 0.133 e. The van der Waals surface area contributed by atoms with Gasteiger partial charge in [0.15, 0.2) is 0 Å². The molecular formula is C17H20F2N2O2. The predicted octanol–water partition coefficient (Wildman–Crippen LogP) is 2.41. The molecule has 0 spiro atoms. The van der Waals surface area contributed by atoms with Gasteiger partial charge < -0.3 is 9.52 Å². The van der Waals surface area contributed by atoms with Crippen LogP contribution in [0.15, 0.2) is 41.0 Å². The molecule has 1 aliphatic heterocycles. The summed E-state index contributed by atoms with van der Waals surface area (Å²) in [6.07, 6.45) is 0.920. The summed E-state index contributed by atoms with van der Waals surface area (Å²) in [5.74, 6) is -0.511. The summed E-state index contributed by atoms with van der Waals surface area (Å²) in [7, 11) is 0. The highest BCUT2D eigenvalue weighted by Crippen LogP contribution is 2.17. The van der Waals surface area contributed by atoms with E-state index in [2.05, 4.69) is 9.80 Å². The van der Waals surface area contributed by atoms with Crippen LogP contribution < -0.4 is 0 Å². The molecule has 1 saturated heterocycles. The van der Waals surface area contributed by atoms with E-state index >= 15 is 0 Å². The lowest BCUT2D eigenvalue weighted by Gasteiger charge is -2.35. The third-order valence-corrected chi connectivity index (χ3v) is 4.10. The molecule has 0 amide bonds. The van der Waals surface area contributed by atoms with Crippen LogP contribution in [0.3, 0.4) is 0 Å². The molecule has 0 bridgehead atoms. The molecule has 1 aliphatic rings. The largest absolute Gasteiger partial charge is 0.467 e. The Kier molecular flexibility index (Phi) is 5.05. The van der Waals surface area contributed by atoms with E-state index < -0.39 is 17.7 Å².